The highest BCUT2D eigenvalue weighted by Gasteiger charge is 2.31. The first-order chi connectivity index (χ1) is 7.70. The smallest absolute Gasteiger partial charge is 0.399 e. The average Bonchev–Trinajstić information content (AvgIpc) is 2.14. The molecule has 0 saturated carbocycles. The Morgan fingerprint density at radius 3 is 2.53 bits per heavy atom. The number of halogens is 4. The summed E-state index contributed by atoms with van der Waals surface area (Å²) in [5.74, 6) is -0.799. The van der Waals surface area contributed by atoms with Crippen LogP contribution in [0.25, 0.3) is 0 Å². The summed E-state index contributed by atoms with van der Waals surface area (Å²) in [5, 5.41) is 0.0315. The van der Waals surface area contributed by atoms with Gasteiger partial charge in [0, 0.05) is 12.7 Å². The number of nitrogens with two attached hydrogens (primary N) is 1. The highest BCUT2D eigenvalue weighted by atomic mass is 35.5. The van der Waals surface area contributed by atoms with Crippen molar-refractivity contribution in [3.05, 3.63) is 28.8 Å². The Bertz CT molecular complexity index is 434. The lowest BCUT2D eigenvalue weighted by molar-refractivity contribution is -0.138. The molecule has 0 bridgehead atoms. The molecule has 2 N–H and O–H groups in total. The van der Waals surface area contributed by atoms with Gasteiger partial charge in [0.05, 0.1) is 10.6 Å². The van der Waals surface area contributed by atoms with Crippen LogP contribution in [0.4, 0.5) is 18.9 Å². The fraction of sp³-hybridized carbons (Fsp3) is 0.300. The van der Waals surface area contributed by atoms with Gasteiger partial charge in [0.2, 0.25) is 0 Å². The van der Waals surface area contributed by atoms with Gasteiger partial charge in [0.1, 0.15) is 6.54 Å². The zero-order valence-corrected chi connectivity index (χ0v) is 9.64. The average molecular weight is 267 g/mol. The van der Waals surface area contributed by atoms with Crippen LogP contribution in [-0.4, -0.2) is 30.6 Å². The van der Waals surface area contributed by atoms with Gasteiger partial charge >= 0.3 is 6.18 Å². The highest BCUT2D eigenvalue weighted by Crippen LogP contribution is 2.22. The summed E-state index contributed by atoms with van der Waals surface area (Å²) in [6, 6.07) is 4.02. The molecule has 1 amide bonds. The van der Waals surface area contributed by atoms with E-state index in [-0.39, 0.29) is 10.6 Å². The molecular weight excluding hydrogens is 257 g/mol. The molecule has 0 atom stereocenters. The molecule has 1 aromatic rings. The van der Waals surface area contributed by atoms with E-state index in [4.69, 9.17) is 17.3 Å². The Balaban J connectivity index is 2.89. The number of carbonyl (C=O) groups excluding carboxylic acids is 1. The van der Waals surface area contributed by atoms with Crippen LogP contribution < -0.4 is 5.73 Å². The van der Waals surface area contributed by atoms with Gasteiger partial charge in [-0.2, -0.15) is 13.2 Å². The molecule has 0 aromatic heterocycles. The zero-order valence-electron chi connectivity index (χ0n) is 8.88. The Labute approximate surface area is 101 Å². The number of nitrogens with zero attached hydrogens (tertiary/aromatic N) is 1. The van der Waals surface area contributed by atoms with Crippen molar-refractivity contribution in [1.29, 1.82) is 0 Å². The van der Waals surface area contributed by atoms with E-state index in [9.17, 15) is 18.0 Å². The molecule has 0 spiro atoms. The first-order valence-electron chi connectivity index (χ1n) is 4.58. The topological polar surface area (TPSA) is 46.3 Å². The van der Waals surface area contributed by atoms with E-state index in [0.717, 1.165) is 7.05 Å². The number of carbonyl (C=O) groups is 1. The van der Waals surface area contributed by atoms with E-state index >= 15 is 0 Å². The second kappa shape index (κ2) is 4.83. The Kier molecular flexibility index (Phi) is 3.87. The molecule has 17 heavy (non-hydrogen) atoms. The molecular formula is C10H10ClF3N2O. The number of rotatable bonds is 2. The van der Waals surface area contributed by atoms with Crippen molar-refractivity contribution in [2.75, 3.05) is 19.3 Å². The maximum absolute atomic E-state index is 12.1. The lowest BCUT2D eigenvalue weighted by atomic mass is 10.2. The van der Waals surface area contributed by atoms with Crippen molar-refractivity contribution in [2.45, 2.75) is 6.18 Å². The van der Waals surface area contributed by atoms with Crippen molar-refractivity contribution >= 4 is 23.2 Å². The predicted molar refractivity (Wildman–Crippen MR) is 58.9 cm³/mol. The van der Waals surface area contributed by atoms with Gasteiger partial charge in [-0.25, -0.2) is 0 Å². The van der Waals surface area contributed by atoms with Crippen LogP contribution in [-0.2, 0) is 0 Å². The molecule has 0 aliphatic heterocycles. The summed E-state index contributed by atoms with van der Waals surface area (Å²) in [5.41, 5.74) is 5.75. The summed E-state index contributed by atoms with van der Waals surface area (Å²) in [6.07, 6.45) is -4.44. The molecule has 0 heterocycles. The minimum absolute atomic E-state index is 0.00684. The van der Waals surface area contributed by atoms with Crippen LogP contribution in [0.15, 0.2) is 18.2 Å². The largest absolute Gasteiger partial charge is 0.406 e. The standard InChI is InChI=1S/C10H10ClF3N2O/c1-16(5-10(12,13)14)9(17)7-3-2-6(15)4-8(7)11/h2-4H,5,15H2,1H3. The normalized spacial score (nSPS) is 11.4. The number of nitrogen functional groups attached to an aromatic ring is 1. The summed E-state index contributed by atoms with van der Waals surface area (Å²) >= 11 is 5.73. The number of alkyl halides is 3. The van der Waals surface area contributed by atoms with Gasteiger partial charge in [-0.05, 0) is 18.2 Å². The minimum Gasteiger partial charge on any atom is -0.399 e. The van der Waals surface area contributed by atoms with Gasteiger partial charge in [-0.1, -0.05) is 11.6 Å². The number of amides is 1. The number of anilines is 1. The van der Waals surface area contributed by atoms with Crippen molar-refractivity contribution < 1.29 is 18.0 Å². The molecule has 0 aliphatic rings. The fourth-order valence-electron chi connectivity index (χ4n) is 1.25. The summed E-state index contributed by atoms with van der Waals surface area (Å²) in [4.78, 5) is 12.2. The van der Waals surface area contributed by atoms with Crippen LogP contribution in [0.3, 0.4) is 0 Å². The molecule has 0 unspecified atom stereocenters. The van der Waals surface area contributed by atoms with Crippen molar-refractivity contribution in [3.8, 4) is 0 Å². The fourth-order valence-corrected chi connectivity index (χ4v) is 1.52. The zero-order chi connectivity index (χ0) is 13.2. The van der Waals surface area contributed by atoms with E-state index in [2.05, 4.69) is 0 Å². The molecule has 0 aliphatic carbocycles. The van der Waals surface area contributed by atoms with Crippen molar-refractivity contribution in [1.82, 2.24) is 4.90 Å². The van der Waals surface area contributed by atoms with E-state index in [1.165, 1.54) is 18.2 Å². The van der Waals surface area contributed by atoms with Crippen LogP contribution in [0, 0.1) is 0 Å². The third-order valence-electron chi connectivity index (χ3n) is 1.99. The Hall–Kier alpha value is -1.43. The maximum atomic E-state index is 12.1. The molecule has 0 fully saturated rings. The van der Waals surface area contributed by atoms with Crippen molar-refractivity contribution in [2.24, 2.45) is 0 Å². The molecule has 1 aromatic carbocycles. The summed E-state index contributed by atoms with van der Waals surface area (Å²) < 4.78 is 36.3. The third-order valence-corrected chi connectivity index (χ3v) is 2.30. The molecule has 0 saturated heterocycles. The van der Waals surface area contributed by atoms with E-state index in [1.807, 2.05) is 0 Å². The van der Waals surface area contributed by atoms with Crippen LogP contribution in [0.5, 0.6) is 0 Å². The van der Waals surface area contributed by atoms with Crippen LogP contribution in [0.1, 0.15) is 10.4 Å². The van der Waals surface area contributed by atoms with Crippen LogP contribution in [0.2, 0.25) is 5.02 Å². The first kappa shape index (κ1) is 13.6. The molecule has 3 nitrogen and oxygen atoms in total. The SMILES string of the molecule is CN(CC(F)(F)F)C(=O)c1ccc(N)cc1Cl. The van der Waals surface area contributed by atoms with Crippen LogP contribution >= 0.6 is 11.6 Å². The van der Waals surface area contributed by atoms with Gasteiger partial charge in [-0.3, -0.25) is 4.79 Å². The quantitative estimate of drug-likeness (QED) is 0.836. The predicted octanol–water partition coefficient (Wildman–Crippen LogP) is 2.56. The molecule has 7 heteroatoms. The second-order valence-corrected chi connectivity index (χ2v) is 3.92. The minimum atomic E-state index is -4.44. The summed E-state index contributed by atoms with van der Waals surface area (Å²) in [7, 11) is 1.06. The highest BCUT2D eigenvalue weighted by molar-refractivity contribution is 6.34. The second-order valence-electron chi connectivity index (χ2n) is 3.52. The van der Waals surface area contributed by atoms with E-state index in [1.54, 1.807) is 0 Å². The number of hydrogen-bond donors (Lipinski definition) is 1. The Morgan fingerprint density at radius 2 is 2.06 bits per heavy atom. The lowest BCUT2D eigenvalue weighted by Crippen LogP contribution is -2.35. The van der Waals surface area contributed by atoms with Gasteiger partial charge in [0.15, 0.2) is 0 Å². The van der Waals surface area contributed by atoms with E-state index < -0.39 is 18.6 Å². The Morgan fingerprint density at radius 1 is 1.47 bits per heavy atom. The first-order valence-corrected chi connectivity index (χ1v) is 4.96. The lowest BCUT2D eigenvalue weighted by Gasteiger charge is -2.19. The van der Waals surface area contributed by atoms with Gasteiger partial charge in [-0.15, -0.1) is 0 Å². The van der Waals surface area contributed by atoms with Gasteiger partial charge < -0.3 is 10.6 Å². The number of benzene rings is 1. The number of hydrogen-bond acceptors (Lipinski definition) is 2. The molecule has 94 valence electrons. The third kappa shape index (κ3) is 3.81. The molecule has 1 rings (SSSR count). The monoisotopic (exact) mass is 266 g/mol. The van der Waals surface area contributed by atoms with E-state index in [0.29, 0.717) is 10.6 Å². The maximum Gasteiger partial charge on any atom is 0.406 e. The van der Waals surface area contributed by atoms with Crippen molar-refractivity contribution in [3.63, 3.8) is 0 Å². The molecule has 0 radical (unpaired) electrons. The summed E-state index contributed by atoms with van der Waals surface area (Å²) in [6.45, 7) is -1.33. The van der Waals surface area contributed by atoms with Gasteiger partial charge in [0.25, 0.3) is 5.91 Å².